The number of hydrogen-bond donors (Lipinski definition) is 1. The lowest BCUT2D eigenvalue weighted by Gasteiger charge is -2.69. The number of carbonyl (C=O) groups excluding carboxylic acids is 2. The van der Waals surface area contributed by atoms with Gasteiger partial charge in [0.15, 0.2) is 10.8 Å². The second-order valence-corrected chi connectivity index (χ2v) is 20.6. The monoisotopic (exact) mass is 827 g/mol. The minimum atomic E-state index is -0.732. The molecule has 0 saturated heterocycles. The minimum Gasteiger partial charge on any atom is -0.455 e. The van der Waals surface area contributed by atoms with Gasteiger partial charge in [0.05, 0.1) is 28.6 Å². The Labute approximate surface area is 354 Å². The van der Waals surface area contributed by atoms with Crippen LogP contribution in [-0.4, -0.2) is 62.5 Å². The third-order valence-corrected chi connectivity index (χ3v) is 14.0. The van der Waals surface area contributed by atoms with Gasteiger partial charge < -0.3 is 14.4 Å². The Bertz CT molecular complexity index is 2520. The number of benzene rings is 2. The first-order chi connectivity index (χ1) is 28.6. The van der Waals surface area contributed by atoms with Crippen molar-refractivity contribution in [1.82, 2.24) is 19.7 Å². The van der Waals surface area contributed by atoms with E-state index in [1.165, 1.54) is 17.8 Å². The Morgan fingerprint density at radius 3 is 2.50 bits per heavy atom. The van der Waals surface area contributed by atoms with Gasteiger partial charge in [-0.2, -0.15) is 5.10 Å². The van der Waals surface area contributed by atoms with Gasteiger partial charge >= 0.3 is 5.97 Å². The van der Waals surface area contributed by atoms with Gasteiger partial charge in [0.2, 0.25) is 0 Å². The molecule has 5 aromatic rings. The first kappa shape index (κ1) is 40.1. The van der Waals surface area contributed by atoms with Gasteiger partial charge in [-0.1, -0.05) is 54.6 Å². The molecule has 10 rings (SSSR count). The van der Waals surface area contributed by atoms with E-state index in [2.05, 4.69) is 56.7 Å². The molecule has 2 atom stereocenters. The molecule has 0 radical (unpaired) electrons. The largest absolute Gasteiger partial charge is 0.455 e. The van der Waals surface area contributed by atoms with Crippen LogP contribution < -0.4 is 10.2 Å². The van der Waals surface area contributed by atoms with Crippen molar-refractivity contribution in [3.05, 3.63) is 99.3 Å². The van der Waals surface area contributed by atoms with E-state index in [1.54, 1.807) is 0 Å². The van der Waals surface area contributed by atoms with Gasteiger partial charge in [0.1, 0.15) is 11.4 Å². The average molecular weight is 828 g/mol. The van der Waals surface area contributed by atoms with E-state index in [9.17, 15) is 9.59 Å². The number of amides is 1. The van der Waals surface area contributed by atoms with Crippen LogP contribution in [-0.2, 0) is 29.0 Å². The zero-order valence-corrected chi connectivity index (χ0v) is 36.2. The number of para-hydroxylation sites is 1. The maximum atomic E-state index is 14.1. The summed E-state index contributed by atoms with van der Waals surface area (Å²) >= 11 is 1.45. The van der Waals surface area contributed by atoms with Crippen molar-refractivity contribution in [2.24, 2.45) is 21.4 Å². The zero-order valence-electron chi connectivity index (χ0n) is 35.4. The van der Waals surface area contributed by atoms with Crippen LogP contribution in [0.15, 0.2) is 65.9 Å². The highest BCUT2D eigenvalue weighted by Gasteiger charge is 2.66. The van der Waals surface area contributed by atoms with Crippen molar-refractivity contribution in [3.63, 3.8) is 0 Å². The molecule has 4 saturated carbocycles. The summed E-state index contributed by atoms with van der Waals surface area (Å²) < 4.78 is 15.8. The van der Waals surface area contributed by atoms with E-state index in [1.807, 2.05) is 75.5 Å². The Kier molecular flexibility index (Phi) is 9.84. The highest BCUT2D eigenvalue weighted by atomic mass is 32.1. The van der Waals surface area contributed by atoms with Crippen LogP contribution in [0.2, 0.25) is 0 Å². The number of nitrogens with one attached hydrogen (secondary N) is 1. The molecule has 14 heteroatoms. The number of thiazole rings is 1. The third kappa shape index (κ3) is 7.65. The van der Waals surface area contributed by atoms with E-state index in [-0.39, 0.29) is 33.4 Å². The first-order valence-electron chi connectivity index (χ1n) is 21.0. The fourth-order valence-corrected chi connectivity index (χ4v) is 13.0. The van der Waals surface area contributed by atoms with Crippen LogP contribution in [0.5, 0.6) is 0 Å². The molecule has 1 amide bonds. The first-order valence-corrected chi connectivity index (χ1v) is 21.8. The summed E-state index contributed by atoms with van der Waals surface area (Å²) in [4.78, 5) is 42.6. The van der Waals surface area contributed by atoms with E-state index in [0.717, 1.165) is 71.2 Å². The second-order valence-electron chi connectivity index (χ2n) is 19.6. The van der Waals surface area contributed by atoms with Crippen LogP contribution >= 0.6 is 11.3 Å². The Balaban J connectivity index is 1.00. The maximum absolute atomic E-state index is 14.1. The van der Waals surface area contributed by atoms with Crippen LogP contribution in [0, 0.1) is 23.2 Å². The number of carbonyl (C=O) groups is 2. The molecule has 2 aromatic carbocycles. The molecule has 4 aliphatic carbocycles. The third-order valence-electron chi connectivity index (χ3n) is 13.0. The standard InChI is InChI=1S/C46H53N9O4S/c1-29-33(20-49-55(29)28-45-23-43(5)22-44(6,24-45)26-46(25-43,27-45)58-19-17-48-53-47)31-14-15-37(51-38(31)40(57)59-42(2,3)4)54-18-16-30-10-9-11-32(34(30)21-54)39(56)52-41-50-35-12-7-8-13-36(35)60-41/h7-15,20H,16-19,21-28H2,1-6H3,(H,50,52,56). The van der Waals surface area contributed by atoms with Crippen molar-refractivity contribution < 1.29 is 19.1 Å². The smallest absolute Gasteiger partial charge is 0.358 e. The average Bonchev–Trinajstić information content (AvgIpc) is 3.75. The lowest BCUT2D eigenvalue weighted by molar-refractivity contribution is -0.247. The number of rotatable bonds is 11. The number of ether oxygens (including phenoxy) is 2. The Hall–Kier alpha value is -5.30. The maximum Gasteiger partial charge on any atom is 0.358 e. The predicted molar refractivity (Wildman–Crippen MR) is 233 cm³/mol. The zero-order chi connectivity index (χ0) is 42.1. The van der Waals surface area contributed by atoms with Crippen LogP contribution in [0.1, 0.15) is 111 Å². The number of anilines is 2. The number of azide groups is 1. The fourth-order valence-electron chi connectivity index (χ4n) is 12.1. The number of aromatic nitrogens is 4. The summed E-state index contributed by atoms with van der Waals surface area (Å²) in [6.45, 7) is 15.1. The molecule has 312 valence electrons. The molecule has 3 aromatic heterocycles. The SMILES string of the molecule is Cc1c(-c2ccc(N3CCc4cccc(C(=O)Nc5nc6ccccc6s5)c4C3)nc2C(=O)OC(C)(C)C)cnn1CC12CC3(C)CC(C)(C1)CC(OCCN=[N+]=[N-])(C3)C2. The van der Waals surface area contributed by atoms with Gasteiger partial charge in [-0.25, -0.2) is 14.8 Å². The number of fused-ring (bicyclic) bond motifs is 2. The molecule has 0 spiro atoms. The lowest BCUT2D eigenvalue weighted by Crippen LogP contribution is -2.64. The molecule has 5 aliphatic rings. The Morgan fingerprint density at radius 1 is 0.967 bits per heavy atom. The summed E-state index contributed by atoms with van der Waals surface area (Å²) in [6.07, 6.45) is 8.97. The van der Waals surface area contributed by atoms with E-state index in [4.69, 9.17) is 25.1 Å². The Morgan fingerprint density at radius 2 is 1.75 bits per heavy atom. The molecular formula is C46H53N9O4S. The van der Waals surface area contributed by atoms with Crippen molar-refractivity contribution >= 4 is 44.4 Å². The minimum absolute atomic E-state index is 0.00437. The molecular weight excluding hydrogens is 775 g/mol. The summed E-state index contributed by atoms with van der Waals surface area (Å²) in [5.74, 6) is -0.0677. The molecule has 4 bridgehead atoms. The molecule has 2 unspecified atom stereocenters. The van der Waals surface area contributed by atoms with E-state index < -0.39 is 11.6 Å². The number of pyridine rings is 1. The van der Waals surface area contributed by atoms with Crippen LogP contribution in [0.25, 0.3) is 31.8 Å². The lowest BCUT2D eigenvalue weighted by atomic mass is 9.39. The van der Waals surface area contributed by atoms with Gasteiger partial charge in [-0.3, -0.25) is 14.8 Å². The van der Waals surface area contributed by atoms with Crippen molar-refractivity contribution in [2.45, 2.75) is 111 Å². The van der Waals surface area contributed by atoms with Gasteiger partial charge in [-0.15, -0.1) is 0 Å². The topological polar surface area (TPSA) is 160 Å². The quantitative estimate of drug-likeness (QED) is 0.0453. The molecule has 4 heterocycles. The highest BCUT2D eigenvalue weighted by Crippen LogP contribution is 2.72. The number of hydrogen-bond acceptors (Lipinski definition) is 10. The van der Waals surface area contributed by atoms with Crippen molar-refractivity contribution in [2.75, 3.05) is 29.9 Å². The number of esters is 1. The summed E-state index contributed by atoms with van der Waals surface area (Å²) in [5, 5.41) is 12.3. The van der Waals surface area contributed by atoms with Crippen LogP contribution in [0.4, 0.5) is 10.9 Å². The summed E-state index contributed by atoms with van der Waals surface area (Å²) in [6, 6.07) is 17.6. The summed E-state index contributed by atoms with van der Waals surface area (Å²) in [7, 11) is 0. The molecule has 1 aliphatic heterocycles. The fraction of sp³-hybridized carbons (Fsp3) is 0.500. The molecule has 1 N–H and O–H groups in total. The predicted octanol–water partition coefficient (Wildman–Crippen LogP) is 10.1. The highest BCUT2D eigenvalue weighted by molar-refractivity contribution is 7.22. The normalized spacial score (nSPS) is 25.5. The van der Waals surface area contributed by atoms with Gasteiger partial charge in [-0.05, 0) is 136 Å². The van der Waals surface area contributed by atoms with Gasteiger partial charge in [0, 0.05) is 53.5 Å². The van der Waals surface area contributed by atoms with Gasteiger partial charge in [0.25, 0.3) is 5.91 Å². The molecule has 60 heavy (non-hydrogen) atoms. The van der Waals surface area contributed by atoms with E-state index >= 15 is 0 Å². The number of nitrogens with zero attached hydrogens (tertiary/aromatic N) is 8. The van der Waals surface area contributed by atoms with E-state index in [0.29, 0.717) is 54.7 Å². The van der Waals surface area contributed by atoms with Crippen molar-refractivity contribution in [3.8, 4) is 11.1 Å². The second kappa shape index (κ2) is 14.7. The summed E-state index contributed by atoms with van der Waals surface area (Å²) in [5.41, 5.74) is 14.4. The molecule has 13 nitrogen and oxygen atoms in total. The molecule has 4 fully saturated rings. The van der Waals surface area contributed by atoms with Crippen LogP contribution in [0.3, 0.4) is 0 Å². The van der Waals surface area contributed by atoms with Crippen molar-refractivity contribution in [1.29, 1.82) is 0 Å².